The van der Waals surface area contributed by atoms with Crippen LogP contribution in [0.25, 0.3) is 0 Å². The molecule has 0 aliphatic rings. The van der Waals surface area contributed by atoms with E-state index in [2.05, 4.69) is 66.7 Å². The average Bonchev–Trinajstić information content (AvgIpc) is 3.25. The predicted molar refractivity (Wildman–Crippen MR) is 127 cm³/mol. The van der Waals surface area contributed by atoms with E-state index < -0.39 is 5.09 Å². The van der Waals surface area contributed by atoms with E-state index >= 15 is 0 Å². The van der Waals surface area contributed by atoms with Gasteiger partial charge in [-0.3, -0.25) is 0 Å². The van der Waals surface area contributed by atoms with Crippen LogP contribution in [0.5, 0.6) is 5.75 Å². The van der Waals surface area contributed by atoms with Crippen LogP contribution in [0.2, 0.25) is 0 Å². The van der Waals surface area contributed by atoms with Crippen LogP contribution < -0.4 is 4.74 Å². The van der Waals surface area contributed by atoms with Gasteiger partial charge < -0.3 is 14.5 Å². The molecule has 7 nitrogen and oxygen atoms in total. The fraction of sp³-hybridized carbons (Fsp3) is 0.375. The molecule has 1 atom stereocenters. The van der Waals surface area contributed by atoms with Crippen LogP contribution in [0.3, 0.4) is 0 Å². The molecule has 1 heterocycles. The average molecular weight is 458 g/mol. The summed E-state index contributed by atoms with van der Waals surface area (Å²) in [7, 11) is 1.74. The summed E-state index contributed by atoms with van der Waals surface area (Å²) >= 11 is 1.89. The lowest BCUT2D eigenvalue weighted by atomic mass is 9.86. The van der Waals surface area contributed by atoms with Gasteiger partial charge in [-0.05, 0) is 41.5 Å². The second kappa shape index (κ2) is 12.1. The van der Waals surface area contributed by atoms with Crippen molar-refractivity contribution in [1.82, 2.24) is 9.55 Å². The maximum Gasteiger partial charge on any atom is 0.291 e. The first kappa shape index (κ1) is 25.3. The second-order valence-corrected chi connectivity index (χ2v) is 9.72. The minimum Gasteiger partial charge on any atom is -0.496 e. The number of rotatable bonds is 8. The molecule has 2 aromatic carbocycles. The van der Waals surface area contributed by atoms with Crippen molar-refractivity contribution in [3.63, 3.8) is 0 Å². The van der Waals surface area contributed by atoms with Crippen LogP contribution in [0, 0.1) is 10.1 Å². The van der Waals surface area contributed by atoms with Gasteiger partial charge in [-0.1, -0.05) is 57.2 Å². The standard InChI is InChI=1S/C24H30N2OS.HNO3/c1-24(2,3)20-12-9-19(10-13-20)11-14-21(17-26-16-15-25-18-26)28-23-8-6-5-7-22(23)27-4;2-1(3)4/h5-10,12-13,15-16,18,21H,11,14,17H2,1-4H3;(H,2,3,4). The van der Waals surface area contributed by atoms with Gasteiger partial charge in [-0.25, -0.2) is 4.98 Å². The third-order valence-corrected chi connectivity index (χ3v) is 6.22. The number of aromatic nitrogens is 2. The Labute approximate surface area is 193 Å². The van der Waals surface area contributed by atoms with Gasteiger partial charge in [-0.2, -0.15) is 0 Å². The first-order valence-corrected chi connectivity index (χ1v) is 11.2. The quantitative estimate of drug-likeness (QED) is 0.268. The lowest BCUT2D eigenvalue weighted by molar-refractivity contribution is -0.742. The number of nitrogens with zero attached hydrogens (tertiary/aromatic N) is 3. The molecule has 8 heteroatoms. The third kappa shape index (κ3) is 8.63. The summed E-state index contributed by atoms with van der Waals surface area (Å²) in [4.78, 5) is 13.7. The van der Waals surface area contributed by atoms with Gasteiger partial charge in [0.25, 0.3) is 5.09 Å². The maximum absolute atomic E-state index is 8.36. The second-order valence-electron chi connectivity index (χ2n) is 8.37. The summed E-state index contributed by atoms with van der Waals surface area (Å²) in [6.07, 6.45) is 7.93. The monoisotopic (exact) mass is 457 g/mol. The lowest BCUT2D eigenvalue weighted by Gasteiger charge is -2.20. The Bertz CT molecular complexity index is 950. The molecule has 1 unspecified atom stereocenters. The Kier molecular flexibility index (Phi) is 9.59. The van der Waals surface area contributed by atoms with E-state index in [1.54, 1.807) is 7.11 Å². The Morgan fingerprint density at radius 2 is 1.84 bits per heavy atom. The number of para-hydroxylation sites is 1. The van der Waals surface area contributed by atoms with Crippen LogP contribution in [-0.2, 0) is 18.4 Å². The zero-order valence-corrected chi connectivity index (χ0v) is 19.8. The summed E-state index contributed by atoms with van der Waals surface area (Å²) in [6, 6.07) is 17.4. The number of ether oxygens (including phenoxy) is 1. The number of thioether (sulfide) groups is 1. The molecule has 3 rings (SSSR count). The fourth-order valence-electron chi connectivity index (χ4n) is 3.21. The molecule has 0 aliphatic carbocycles. The minimum atomic E-state index is -1.50. The number of hydrogen-bond acceptors (Lipinski definition) is 5. The molecule has 0 bridgehead atoms. The predicted octanol–water partition coefficient (Wildman–Crippen LogP) is 5.64. The molecule has 1 N–H and O–H groups in total. The Hall–Kier alpha value is -3.00. The maximum atomic E-state index is 8.36. The van der Waals surface area contributed by atoms with Gasteiger partial charge in [0.1, 0.15) is 5.75 Å². The molecule has 0 radical (unpaired) electrons. The van der Waals surface area contributed by atoms with Crippen molar-refractivity contribution in [3.05, 3.63) is 88.5 Å². The van der Waals surface area contributed by atoms with E-state index in [1.165, 1.54) is 16.0 Å². The molecule has 0 saturated carbocycles. The van der Waals surface area contributed by atoms with E-state index in [0.29, 0.717) is 5.25 Å². The van der Waals surface area contributed by atoms with Crippen molar-refractivity contribution < 1.29 is 15.0 Å². The molecule has 0 spiro atoms. The zero-order chi connectivity index (χ0) is 23.6. The highest BCUT2D eigenvalue weighted by atomic mass is 32.2. The largest absolute Gasteiger partial charge is 0.496 e. The molecule has 3 aromatic rings. The zero-order valence-electron chi connectivity index (χ0n) is 19.0. The number of aryl methyl sites for hydroxylation is 1. The fourth-order valence-corrected chi connectivity index (χ4v) is 4.48. The highest BCUT2D eigenvalue weighted by molar-refractivity contribution is 8.00. The summed E-state index contributed by atoms with van der Waals surface area (Å²) in [5.74, 6) is 0.942. The van der Waals surface area contributed by atoms with Crippen molar-refractivity contribution >= 4 is 11.8 Å². The molecular formula is C24H31N3O4S. The Morgan fingerprint density at radius 3 is 2.41 bits per heavy atom. The van der Waals surface area contributed by atoms with Gasteiger partial charge >= 0.3 is 0 Å². The molecule has 172 valence electrons. The van der Waals surface area contributed by atoms with Crippen LogP contribution >= 0.6 is 11.8 Å². The number of methoxy groups -OCH3 is 1. The normalized spacial score (nSPS) is 11.9. The highest BCUT2D eigenvalue weighted by Crippen LogP contribution is 2.34. The summed E-state index contributed by atoms with van der Waals surface area (Å²) in [6.45, 7) is 7.70. The topological polar surface area (TPSA) is 90.4 Å². The number of benzene rings is 2. The van der Waals surface area contributed by atoms with Crippen LogP contribution in [-0.4, -0.2) is 32.2 Å². The molecular weight excluding hydrogens is 426 g/mol. The SMILES string of the molecule is COc1ccccc1SC(CCc1ccc(C(C)(C)C)cc1)Cn1ccnc1.O=[N+]([O-])O. The van der Waals surface area contributed by atoms with E-state index in [4.69, 9.17) is 20.1 Å². The highest BCUT2D eigenvalue weighted by Gasteiger charge is 2.16. The van der Waals surface area contributed by atoms with Crippen LogP contribution in [0.1, 0.15) is 38.3 Å². The van der Waals surface area contributed by atoms with E-state index in [1.807, 2.05) is 42.6 Å². The summed E-state index contributed by atoms with van der Waals surface area (Å²) in [5, 5.41) is 14.1. The smallest absolute Gasteiger partial charge is 0.291 e. The van der Waals surface area contributed by atoms with E-state index in [9.17, 15) is 0 Å². The van der Waals surface area contributed by atoms with Gasteiger partial charge in [0, 0.05) is 29.1 Å². The first-order valence-electron chi connectivity index (χ1n) is 10.4. The number of imidazole rings is 1. The molecule has 0 fully saturated rings. The van der Waals surface area contributed by atoms with Crippen molar-refractivity contribution in [1.29, 1.82) is 0 Å². The first-order chi connectivity index (χ1) is 15.2. The molecule has 0 saturated heterocycles. The van der Waals surface area contributed by atoms with Gasteiger partial charge in [-0.15, -0.1) is 21.9 Å². The summed E-state index contributed by atoms with van der Waals surface area (Å²) in [5.41, 5.74) is 2.97. The Morgan fingerprint density at radius 1 is 1.19 bits per heavy atom. The van der Waals surface area contributed by atoms with Crippen molar-refractivity contribution in [2.45, 2.75) is 55.7 Å². The molecule has 0 amide bonds. The van der Waals surface area contributed by atoms with Crippen molar-refractivity contribution in [3.8, 4) is 5.75 Å². The minimum absolute atomic E-state index is 0.197. The van der Waals surface area contributed by atoms with Gasteiger partial charge in [0.2, 0.25) is 0 Å². The van der Waals surface area contributed by atoms with Crippen molar-refractivity contribution in [2.75, 3.05) is 7.11 Å². The van der Waals surface area contributed by atoms with Crippen LogP contribution in [0.15, 0.2) is 72.1 Å². The Balaban J connectivity index is 0.000000837. The van der Waals surface area contributed by atoms with Gasteiger partial charge in [0.15, 0.2) is 0 Å². The molecule has 0 aliphatic heterocycles. The van der Waals surface area contributed by atoms with Crippen LogP contribution in [0.4, 0.5) is 0 Å². The van der Waals surface area contributed by atoms with Gasteiger partial charge in [0.05, 0.1) is 13.4 Å². The summed E-state index contributed by atoms with van der Waals surface area (Å²) < 4.78 is 7.71. The molecule has 32 heavy (non-hydrogen) atoms. The number of hydrogen-bond donors (Lipinski definition) is 1. The van der Waals surface area contributed by atoms with E-state index in [-0.39, 0.29) is 5.41 Å². The third-order valence-electron chi connectivity index (χ3n) is 4.91. The molecule has 1 aromatic heterocycles. The van der Waals surface area contributed by atoms with Crippen molar-refractivity contribution in [2.24, 2.45) is 0 Å². The van der Waals surface area contributed by atoms with E-state index in [0.717, 1.165) is 25.1 Å². The lowest BCUT2D eigenvalue weighted by Crippen LogP contribution is -2.14.